The number of rotatable bonds is 3. The highest BCUT2D eigenvalue weighted by Gasteiger charge is 2.40. The Morgan fingerprint density at radius 2 is 2.14 bits per heavy atom. The van der Waals surface area contributed by atoms with Crippen LogP contribution >= 0.6 is 11.6 Å². The first-order chi connectivity index (χ1) is 13.6. The van der Waals surface area contributed by atoms with Gasteiger partial charge < -0.3 is 11.1 Å². The van der Waals surface area contributed by atoms with Gasteiger partial charge in [-0.05, 0) is 37.3 Å². The SMILES string of the molecule is CN=S1(=O)C[C@@](C)(c2cc(NC(=O)c3ccc(Cl)cn3)ccc2F)N=C(N)N1C. The lowest BCUT2D eigenvalue weighted by atomic mass is 9.93. The highest BCUT2D eigenvalue weighted by atomic mass is 35.5. The minimum atomic E-state index is -2.89. The van der Waals surface area contributed by atoms with E-state index in [1.165, 1.54) is 48.9 Å². The van der Waals surface area contributed by atoms with Crippen molar-refractivity contribution in [1.29, 1.82) is 0 Å². The van der Waals surface area contributed by atoms with Crippen molar-refractivity contribution >= 4 is 39.1 Å². The maximum Gasteiger partial charge on any atom is 0.274 e. The van der Waals surface area contributed by atoms with E-state index in [1.54, 1.807) is 13.0 Å². The molecule has 1 unspecified atom stereocenters. The average molecular weight is 439 g/mol. The maximum absolute atomic E-state index is 14.7. The van der Waals surface area contributed by atoms with Crippen LogP contribution in [0.5, 0.6) is 0 Å². The summed E-state index contributed by atoms with van der Waals surface area (Å²) in [6, 6.07) is 7.09. The molecule has 0 spiro atoms. The third kappa shape index (κ3) is 4.03. The summed E-state index contributed by atoms with van der Waals surface area (Å²) in [4.78, 5) is 20.7. The fraction of sp³-hybridized carbons (Fsp3) is 0.278. The molecule has 2 atom stereocenters. The first kappa shape index (κ1) is 21.0. The molecule has 3 N–H and O–H groups in total. The summed E-state index contributed by atoms with van der Waals surface area (Å²) in [6.07, 6.45) is 1.36. The number of carbonyl (C=O) groups excluding carboxylic acids is 1. The number of nitrogens with one attached hydrogen (secondary N) is 1. The number of benzene rings is 1. The molecule has 11 heteroatoms. The van der Waals surface area contributed by atoms with Gasteiger partial charge in [0.1, 0.15) is 27.0 Å². The molecule has 154 valence electrons. The summed E-state index contributed by atoms with van der Waals surface area (Å²) < 4.78 is 33.0. The van der Waals surface area contributed by atoms with E-state index < -0.39 is 27.2 Å². The fourth-order valence-corrected chi connectivity index (χ4v) is 4.98. The number of halogens is 2. The van der Waals surface area contributed by atoms with E-state index >= 15 is 0 Å². The first-order valence-corrected chi connectivity index (χ1v) is 10.5. The highest BCUT2D eigenvalue weighted by Crippen LogP contribution is 2.35. The monoisotopic (exact) mass is 438 g/mol. The van der Waals surface area contributed by atoms with Crippen LogP contribution in [0.2, 0.25) is 5.02 Å². The van der Waals surface area contributed by atoms with Crippen molar-refractivity contribution in [3.05, 3.63) is 58.6 Å². The van der Waals surface area contributed by atoms with Crippen LogP contribution in [0.3, 0.4) is 0 Å². The third-order valence-corrected chi connectivity index (χ3v) is 7.41. The van der Waals surface area contributed by atoms with Gasteiger partial charge in [-0.2, -0.15) is 0 Å². The van der Waals surface area contributed by atoms with Crippen LogP contribution in [0, 0.1) is 5.82 Å². The zero-order valence-corrected chi connectivity index (χ0v) is 17.6. The second kappa shape index (κ2) is 7.60. The van der Waals surface area contributed by atoms with Gasteiger partial charge >= 0.3 is 0 Å². The lowest BCUT2D eigenvalue weighted by Gasteiger charge is -2.37. The second-order valence-electron chi connectivity index (χ2n) is 6.69. The minimum absolute atomic E-state index is 0.00597. The van der Waals surface area contributed by atoms with E-state index in [0.29, 0.717) is 10.7 Å². The summed E-state index contributed by atoms with van der Waals surface area (Å²) in [7, 11) is 0.0628. The van der Waals surface area contributed by atoms with Crippen molar-refractivity contribution < 1.29 is 13.4 Å². The molecular weight excluding hydrogens is 419 g/mol. The number of hydrogen-bond acceptors (Lipinski definition) is 6. The summed E-state index contributed by atoms with van der Waals surface area (Å²) in [5.41, 5.74) is 5.33. The Morgan fingerprint density at radius 3 is 2.76 bits per heavy atom. The van der Waals surface area contributed by atoms with E-state index in [0.717, 1.165) is 0 Å². The number of aromatic nitrogens is 1. The number of anilines is 1. The molecular formula is C18H20ClFN6O2S. The molecule has 0 radical (unpaired) electrons. The Labute approximate surface area is 173 Å². The van der Waals surface area contributed by atoms with Gasteiger partial charge in [-0.1, -0.05) is 11.6 Å². The second-order valence-corrected chi connectivity index (χ2v) is 9.54. The van der Waals surface area contributed by atoms with Gasteiger partial charge in [-0.3, -0.25) is 9.10 Å². The van der Waals surface area contributed by atoms with E-state index in [2.05, 4.69) is 19.7 Å². The topological polar surface area (TPSA) is 113 Å². The van der Waals surface area contributed by atoms with Gasteiger partial charge in [0.25, 0.3) is 5.91 Å². The summed E-state index contributed by atoms with van der Waals surface area (Å²) >= 11 is 5.78. The van der Waals surface area contributed by atoms with Crippen LogP contribution in [-0.4, -0.2) is 45.2 Å². The Bertz CT molecular complexity index is 1110. The van der Waals surface area contributed by atoms with E-state index in [1.807, 2.05) is 0 Å². The predicted octanol–water partition coefficient (Wildman–Crippen LogP) is 2.61. The van der Waals surface area contributed by atoms with Crippen molar-refractivity contribution in [3.8, 4) is 0 Å². The van der Waals surface area contributed by atoms with Crippen molar-refractivity contribution in [2.24, 2.45) is 15.1 Å². The van der Waals surface area contributed by atoms with Crippen molar-refractivity contribution in [2.75, 3.05) is 25.2 Å². The Hall–Kier alpha value is -2.72. The van der Waals surface area contributed by atoms with Crippen LogP contribution in [-0.2, 0) is 15.5 Å². The van der Waals surface area contributed by atoms with Crippen LogP contribution in [0.4, 0.5) is 10.1 Å². The third-order valence-electron chi connectivity index (χ3n) is 4.63. The minimum Gasteiger partial charge on any atom is -0.369 e. The molecule has 0 bridgehead atoms. The van der Waals surface area contributed by atoms with Gasteiger partial charge in [0.05, 0.1) is 10.8 Å². The quantitative estimate of drug-likeness (QED) is 0.766. The molecule has 0 saturated carbocycles. The van der Waals surface area contributed by atoms with Crippen molar-refractivity contribution in [1.82, 2.24) is 9.29 Å². The van der Waals surface area contributed by atoms with Crippen LogP contribution in [0.15, 0.2) is 45.9 Å². The number of amides is 1. The molecule has 2 heterocycles. The van der Waals surface area contributed by atoms with E-state index in [9.17, 15) is 13.4 Å². The van der Waals surface area contributed by atoms with Crippen LogP contribution in [0.1, 0.15) is 23.0 Å². The van der Waals surface area contributed by atoms with Crippen LogP contribution < -0.4 is 11.1 Å². The summed E-state index contributed by atoms with van der Waals surface area (Å²) in [5.74, 6) is -1.11. The first-order valence-electron chi connectivity index (χ1n) is 8.53. The molecule has 0 aliphatic carbocycles. The molecule has 1 aromatic carbocycles. The van der Waals surface area contributed by atoms with Gasteiger partial charge in [-0.15, -0.1) is 0 Å². The number of pyridine rings is 1. The molecule has 1 aliphatic rings. The maximum atomic E-state index is 14.7. The summed E-state index contributed by atoms with van der Waals surface area (Å²) in [6.45, 7) is 1.63. The smallest absolute Gasteiger partial charge is 0.274 e. The summed E-state index contributed by atoms with van der Waals surface area (Å²) in [5, 5.41) is 3.06. The molecule has 1 aliphatic heterocycles. The zero-order chi connectivity index (χ0) is 21.4. The largest absolute Gasteiger partial charge is 0.369 e. The lowest BCUT2D eigenvalue weighted by Crippen LogP contribution is -2.50. The lowest BCUT2D eigenvalue weighted by molar-refractivity contribution is 0.102. The Kier molecular flexibility index (Phi) is 5.50. The number of nitrogens with zero attached hydrogens (tertiary/aromatic N) is 4. The molecule has 29 heavy (non-hydrogen) atoms. The standard InChI is InChI=1S/C18H20ClFN6O2S/c1-18(10-29(28,22-2)26(3)17(21)25-18)13-8-12(5-6-14(13)20)24-16(27)15-7-4-11(19)9-23-15/h4-9H,10H2,1-3H3,(H2,21,25)(H,24,27)/t18-,29?/m0/s1. The Balaban J connectivity index is 1.98. The molecule has 2 aromatic rings. The van der Waals surface area contributed by atoms with Gasteiger partial charge in [-0.25, -0.2) is 22.9 Å². The normalized spacial score (nSPS) is 24.0. The van der Waals surface area contributed by atoms with Gasteiger partial charge in [0.15, 0.2) is 0 Å². The van der Waals surface area contributed by atoms with Crippen molar-refractivity contribution in [2.45, 2.75) is 12.5 Å². The molecule has 0 saturated heterocycles. The van der Waals surface area contributed by atoms with Gasteiger partial charge in [0, 0.05) is 31.5 Å². The number of nitrogens with two attached hydrogens (primary N) is 1. The molecule has 0 fully saturated rings. The highest BCUT2D eigenvalue weighted by molar-refractivity contribution is 7.92. The molecule has 3 rings (SSSR count). The van der Waals surface area contributed by atoms with E-state index in [4.69, 9.17) is 17.3 Å². The van der Waals surface area contributed by atoms with Crippen molar-refractivity contribution in [3.63, 3.8) is 0 Å². The van der Waals surface area contributed by atoms with Crippen LogP contribution in [0.25, 0.3) is 0 Å². The average Bonchev–Trinajstić information content (AvgIpc) is 2.68. The number of hydrogen-bond donors (Lipinski definition) is 2. The molecule has 1 amide bonds. The molecule has 8 nitrogen and oxygen atoms in total. The Morgan fingerprint density at radius 1 is 1.41 bits per heavy atom. The van der Waals surface area contributed by atoms with Gasteiger partial charge in [0.2, 0.25) is 5.96 Å². The number of guanidine groups is 1. The number of carbonyl (C=O) groups is 1. The predicted molar refractivity (Wildman–Crippen MR) is 112 cm³/mol. The zero-order valence-electron chi connectivity index (χ0n) is 16.0. The fourth-order valence-electron chi connectivity index (χ4n) is 3.01. The van der Waals surface area contributed by atoms with E-state index in [-0.39, 0.29) is 23.0 Å². The molecule has 1 aromatic heterocycles. The number of aliphatic imine (C=N–C) groups is 1.